The largest absolute Gasteiger partial charge is 0.399 e. The molecule has 0 heterocycles. The number of rotatable bonds is 7. The number of hydrogen-bond donors (Lipinski definition) is 1. The molecule has 1 nitrogen and oxygen atoms in total. The van der Waals surface area contributed by atoms with Gasteiger partial charge >= 0.3 is 0 Å². The molecule has 1 rings (SSSR count). The van der Waals surface area contributed by atoms with Gasteiger partial charge in [0.1, 0.15) is 0 Å². The van der Waals surface area contributed by atoms with Gasteiger partial charge in [-0.3, -0.25) is 0 Å². The smallest absolute Gasteiger partial charge is 0.0314 e. The fraction of sp³-hybridized carbons (Fsp3) is 0.300. The van der Waals surface area contributed by atoms with Crippen molar-refractivity contribution < 1.29 is 0 Å². The lowest BCUT2D eigenvalue weighted by Gasteiger charge is -2.20. The van der Waals surface area contributed by atoms with E-state index < -0.39 is 0 Å². The summed E-state index contributed by atoms with van der Waals surface area (Å²) in [4.78, 5) is 0. The van der Waals surface area contributed by atoms with Crippen LogP contribution in [0.25, 0.3) is 5.57 Å². The van der Waals surface area contributed by atoms with Crippen molar-refractivity contribution in [3.63, 3.8) is 0 Å². The van der Waals surface area contributed by atoms with Gasteiger partial charge in [0.25, 0.3) is 0 Å². The lowest BCUT2D eigenvalue weighted by molar-refractivity contribution is 0.991. The Balaban J connectivity index is 3.55. The molecule has 0 aliphatic rings. The van der Waals surface area contributed by atoms with Crippen molar-refractivity contribution in [2.24, 2.45) is 5.73 Å². The first-order chi connectivity index (χ1) is 9.93. The molecule has 0 aliphatic heterocycles. The normalized spacial score (nSPS) is 11.8. The van der Waals surface area contributed by atoms with Crippen LogP contribution in [0.3, 0.4) is 0 Å². The molecule has 1 aromatic carbocycles. The van der Waals surface area contributed by atoms with Crippen LogP contribution in [0.2, 0.25) is 0 Å². The van der Waals surface area contributed by atoms with Gasteiger partial charge in [-0.25, -0.2) is 0 Å². The van der Waals surface area contributed by atoms with Crippen LogP contribution in [-0.2, 0) is 6.42 Å². The van der Waals surface area contributed by atoms with Crippen LogP contribution in [0, 0.1) is 6.92 Å². The van der Waals surface area contributed by atoms with Crippen molar-refractivity contribution in [3.8, 4) is 0 Å². The summed E-state index contributed by atoms with van der Waals surface area (Å²) >= 11 is 0. The maximum absolute atomic E-state index is 5.92. The molecule has 0 aliphatic carbocycles. The van der Waals surface area contributed by atoms with E-state index in [2.05, 4.69) is 58.7 Å². The fourth-order valence-electron chi connectivity index (χ4n) is 2.51. The van der Waals surface area contributed by atoms with Gasteiger partial charge in [0, 0.05) is 5.70 Å². The lowest BCUT2D eigenvalue weighted by Crippen LogP contribution is -2.06. The Kier molecular flexibility index (Phi) is 6.23. The molecule has 0 spiro atoms. The van der Waals surface area contributed by atoms with Gasteiger partial charge < -0.3 is 5.73 Å². The second kappa shape index (κ2) is 7.68. The summed E-state index contributed by atoms with van der Waals surface area (Å²) in [6, 6.07) is 6.43. The van der Waals surface area contributed by atoms with Crippen LogP contribution in [0.1, 0.15) is 43.4 Å². The molecular weight excluding hydrogens is 254 g/mol. The zero-order valence-electron chi connectivity index (χ0n) is 13.6. The molecule has 0 saturated carbocycles. The summed E-state index contributed by atoms with van der Waals surface area (Å²) in [7, 11) is 0. The molecule has 1 heteroatoms. The molecule has 0 bridgehead atoms. The number of allylic oxidation sites excluding steroid dienone is 3. The summed E-state index contributed by atoms with van der Waals surface area (Å²) < 4.78 is 0. The quantitative estimate of drug-likeness (QED) is 0.531. The van der Waals surface area contributed by atoms with E-state index in [4.69, 9.17) is 5.73 Å². The van der Waals surface area contributed by atoms with E-state index in [9.17, 15) is 0 Å². The number of hydrogen-bond acceptors (Lipinski definition) is 1. The summed E-state index contributed by atoms with van der Waals surface area (Å²) in [5, 5.41) is 0. The predicted molar refractivity (Wildman–Crippen MR) is 95.0 cm³/mol. The molecule has 0 radical (unpaired) electrons. The predicted octanol–water partition coefficient (Wildman–Crippen LogP) is 5.33. The Morgan fingerprint density at radius 2 is 1.95 bits per heavy atom. The highest BCUT2D eigenvalue weighted by Crippen LogP contribution is 2.34. The maximum atomic E-state index is 5.92. The monoisotopic (exact) mass is 281 g/mol. The summed E-state index contributed by atoms with van der Waals surface area (Å²) in [5.41, 5.74) is 13.6. The van der Waals surface area contributed by atoms with E-state index in [-0.39, 0.29) is 0 Å². The molecule has 0 unspecified atom stereocenters. The Bertz CT molecular complexity index is 588. The number of benzene rings is 1. The van der Waals surface area contributed by atoms with Crippen molar-refractivity contribution in [2.75, 3.05) is 0 Å². The van der Waals surface area contributed by atoms with Crippen LogP contribution >= 0.6 is 0 Å². The second-order valence-corrected chi connectivity index (χ2v) is 5.45. The van der Waals surface area contributed by atoms with Crippen LogP contribution in [0.4, 0.5) is 0 Å². The van der Waals surface area contributed by atoms with Crippen LogP contribution in [-0.4, -0.2) is 0 Å². The summed E-state index contributed by atoms with van der Waals surface area (Å²) in [6.07, 6.45) is 4.87. The third kappa shape index (κ3) is 3.98. The SMILES string of the molecule is C=CCCc1cccc(C)c1/C(C(=C)C(=C)N)=C(\C)CC. The van der Waals surface area contributed by atoms with Crippen molar-refractivity contribution in [1.82, 2.24) is 0 Å². The van der Waals surface area contributed by atoms with Gasteiger partial charge in [0.15, 0.2) is 0 Å². The highest BCUT2D eigenvalue weighted by atomic mass is 14.6. The van der Waals surface area contributed by atoms with Crippen molar-refractivity contribution >= 4 is 5.57 Å². The van der Waals surface area contributed by atoms with Crippen LogP contribution in [0.5, 0.6) is 0 Å². The van der Waals surface area contributed by atoms with E-state index in [0.717, 1.165) is 30.4 Å². The maximum Gasteiger partial charge on any atom is 0.0314 e. The molecule has 2 N–H and O–H groups in total. The standard InChI is InChI=1S/C20H27N/c1-7-9-12-18-13-10-11-15(4)20(18)19(14(3)8-2)16(5)17(6)21/h7,10-11,13H,1,5-6,8-9,12,21H2,2-4H3/b19-14+. The first-order valence-electron chi connectivity index (χ1n) is 7.47. The summed E-state index contributed by atoms with van der Waals surface area (Å²) in [5.74, 6) is 0. The number of aryl methyl sites for hydroxylation is 2. The van der Waals surface area contributed by atoms with E-state index in [1.807, 2.05) is 6.08 Å². The third-order valence-corrected chi connectivity index (χ3v) is 3.87. The van der Waals surface area contributed by atoms with Gasteiger partial charge in [-0.1, -0.05) is 49.9 Å². The lowest BCUT2D eigenvalue weighted by atomic mass is 9.85. The van der Waals surface area contributed by atoms with Gasteiger partial charge in [-0.05, 0) is 60.9 Å². The van der Waals surface area contributed by atoms with Crippen molar-refractivity contribution in [2.45, 2.75) is 40.0 Å². The minimum Gasteiger partial charge on any atom is -0.399 e. The highest BCUT2D eigenvalue weighted by molar-refractivity contribution is 5.87. The summed E-state index contributed by atoms with van der Waals surface area (Å²) in [6.45, 7) is 18.3. The fourth-order valence-corrected chi connectivity index (χ4v) is 2.51. The third-order valence-electron chi connectivity index (χ3n) is 3.87. The zero-order valence-corrected chi connectivity index (χ0v) is 13.6. The molecule has 0 atom stereocenters. The van der Waals surface area contributed by atoms with E-state index in [0.29, 0.717) is 5.70 Å². The average molecular weight is 281 g/mol. The van der Waals surface area contributed by atoms with E-state index in [1.165, 1.54) is 22.3 Å². The molecule has 21 heavy (non-hydrogen) atoms. The minimum absolute atomic E-state index is 0.538. The Hall–Kier alpha value is -2.02. The molecule has 0 amide bonds. The molecular formula is C20H27N. The molecule has 0 aromatic heterocycles. The first kappa shape index (κ1) is 17.0. The molecule has 1 aromatic rings. The van der Waals surface area contributed by atoms with Gasteiger partial charge in [0.05, 0.1) is 0 Å². The van der Waals surface area contributed by atoms with Crippen molar-refractivity contribution in [1.29, 1.82) is 0 Å². The van der Waals surface area contributed by atoms with Crippen LogP contribution in [0.15, 0.2) is 60.9 Å². The van der Waals surface area contributed by atoms with Gasteiger partial charge in [-0.2, -0.15) is 0 Å². The highest BCUT2D eigenvalue weighted by Gasteiger charge is 2.16. The Morgan fingerprint density at radius 1 is 1.29 bits per heavy atom. The average Bonchev–Trinajstić information content (AvgIpc) is 2.46. The zero-order chi connectivity index (χ0) is 16.0. The van der Waals surface area contributed by atoms with E-state index >= 15 is 0 Å². The molecule has 0 fully saturated rings. The molecule has 0 saturated heterocycles. The van der Waals surface area contributed by atoms with Gasteiger partial charge in [-0.15, -0.1) is 6.58 Å². The Morgan fingerprint density at radius 3 is 2.48 bits per heavy atom. The first-order valence-corrected chi connectivity index (χ1v) is 7.47. The minimum atomic E-state index is 0.538. The van der Waals surface area contributed by atoms with Crippen molar-refractivity contribution in [3.05, 3.63) is 77.5 Å². The molecule has 112 valence electrons. The number of nitrogens with two attached hydrogens (primary N) is 1. The van der Waals surface area contributed by atoms with Crippen LogP contribution < -0.4 is 5.73 Å². The second-order valence-electron chi connectivity index (χ2n) is 5.45. The Labute approximate surface area is 129 Å². The topological polar surface area (TPSA) is 26.0 Å². The van der Waals surface area contributed by atoms with Gasteiger partial charge in [0.2, 0.25) is 0 Å². The van der Waals surface area contributed by atoms with E-state index in [1.54, 1.807) is 0 Å².